The molecule has 0 aliphatic heterocycles. The average molecular weight is 245 g/mol. The Labute approximate surface area is 95.2 Å². The van der Waals surface area contributed by atoms with Crippen molar-refractivity contribution in [3.63, 3.8) is 0 Å². The van der Waals surface area contributed by atoms with Crippen molar-refractivity contribution in [2.24, 2.45) is 5.14 Å². The lowest BCUT2D eigenvalue weighted by Gasteiger charge is -2.12. The third-order valence-electron chi connectivity index (χ3n) is 1.83. The summed E-state index contributed by atoms with van der Waals surface area (Å²) in [5, 5.41) is 5.13. The van der Waals surface area contributed by atoms with Crippen molar-refractivity contribution in [3.05, 3.63) is 18.2 Å². The second kappa shape index (κ2) is 5.18. The van der Waals surface area contributed by atoms with Crippen molar-refractivity contribution in [2.45, 2.75) is 18.7 Å². The van der Waals surface area contributed by atoms with Crippen LogP contribution in [0.3, 0.4) is 0 Å². The molecule has 16 heavy (non-hydrogen) atoms. The molecule has 1 aromatic rings. The molecule has 0 saturated carbocycles. The first kappa shape index (κ1) is 12.8. The van der Waals surface area contributed by atoms with Gasteiger partial charge in [0.1, 0.15) is 11.5 Å². The topological polar surface area (TPSA) is 78.6 Å². The minimum atomic E-state index is -3.86. The van der Waals surface area contributed by atoms with Crippen molar-refractivity contribution >= 4 is 10.0 Å². The Morgan fingerprint density at radius 1 is 1.12 bits per heavy atom. The fourth-order valence-electron chi connectivity index (χ4n) is 1.31. The highest BCUT2D eigenvalue weighted by atomic mass is 32.2. The molecule has 0 amide bonds. The van der Waals surface area contributed by atoms with E-state index in [-0.39, 0.29) is 16.4 Å². The fraction of sp³-hybridized carbons (Fsp3) is 0.400. The van der Waals surface area contributed by atoms with Crippen LogP contribution in [0.1, 0.15) is 13.8 Å². The Bertz CT molecular complexity index is 432. The summed E-state index contributed by atoms with van der Waals surface area (Å²) in [6.07, 6.45) is 0. The number of nitrogens with two attached hydrogens (primary N) is 1. The summed E-state index contributed by atoms with van der Waals surface area (Å²) in [7, 11) is -3.86. The molecule has 1 aromatic carbocycles. The largest absolute Gasteiger partial charge is 0.492 e. The van der Waals surface area contributed by atoms with E-state index < -0.39 is 10.0 Å². The summed E-state index contributed by atoms with van der Waals surface area (Å²) >= 11 is 0. The first-order chi connectivity index (χ1) is 7.50. The van der Waals surface area contributed by atoms with Crippen molar-refractivity contribution in [3.8, 4) is 11.5 Å². The normalized spacial score (nSPS) is 11.2. The number of hydrogen-bond acceptors (Lipinski definition) is 4. The van der Waals surface area contributed by atoms with E-state index in [2.05, 4.69) is 0 Å². The van der Waals surface area contributed by atoms with Gasteiger partial charge in [-0.15, -0.1) is 0 Å². The van der Waals surface area contributed by atoms with Gasteiger partial charge in [0.05, 0.1) is 13.2 Å². The highest BCUT2D eigenvalue weighted by Crippen LogP contribution is 2.32. The molecule has 0 heterocycles. The molecule has 6 heteroatoms. The third-order valence-corrected chi connectivity index (χ3v) is 2.80. The van der Waals surface area contributed by atoms with Crippen LogP contribution in [0.25, 0.3) is 0 Å². The van der Waals surface area contributed by atoms with E-state index in [0.29, 0.717) is 13.2 Å². The second-order valence-electron chi connectivity index (χ2n) is 2.99. The zero-order valence-electron chi connectivity index (χ0n) is 9.26. The summed E-state index contributed by atoms with van der Waals surface area (Å²) < 4.78 is 33.3. The summed E-state index contributed by atoms with van der Waals surface area (Å²) in [4.78, 5) is -0.0984. The van der Waals surface area contributed by atoms with E-state index in [4.69, 9.17) is 14.6 Å². The lowest BCUT2D eigenvalue weighted by molar-refractivity contribution is 0.307. The minimum Gasteiger partial charge on any atom is -0.492 e. The van der Waals surface area contributed by atoms with Gasteiger partial charge in [-0.05, 0) is 26.0 Å². The highest BCUT2D eigenvalue weighted by molar-refractivity contribution is 7.89. The smallest absolute Gasteiger partial charge is 0.245 e. The van der Waals surface area contributed by atoms with Crippen molar-refractivity contribution in [2.75, 3.05) is 13.2 Å². The Kier molecular flexibility index (Phi) is 4.14. The molecular weight excluding hydrogens is 230 g/mol. The number of benzene rings is 1. The Morgan fingerprint density at radius 3 is 1.88 bits per heavy atom. The van der Waals surface area contributed by atoms with E-state index in [1.54, 1.807) is 32.0 Å². The first-order valence-corrected chi connectivity index (χ1v) is 6.46. The van der Waals surface area contributed by atoms with Gasteiger partial charge < -0.3 is 9.47 Å². The van der Waals surface area contributed by atoms with Gasteiger partial charge in [-0.25, -0.2) is 13.6 Å². The van der Waals surface area contributed by atoms with Crippen LogP contribution in [-0.4, -0.2) is 21.6 Å². The van der Waals surface area contributed by atoms with Crippen LogP contribution >= 0.6 is 0 Å². The standard InChI is InChI=1S/C10H15NO4S/c1-3-14-8-6-5-7-9(15-4-2)10(8)16(11,12)13/h5-7H,3-4H2,1-2H3,(H2,11,12,13). The van der Waals surface area contributed by atoms with Crippen LogP contribution in [-0.2, 0) is 10.0 Å². The Hall–Kier alpha value is -1.27. The molecule has 1 rings (SSSR count). The predicted molar refractivity (Wildman–Crippen MR) is 60.2 cm³/mol. The number of primary sulfonamides is 1. The molecule has 0 atom stereocenters. The second-order valence-corrected chi connectivity index (χ2v) is 4.49. The summed E-state index contributed by atoms with van der Waals surface area (Å²) in [6, 6.07) is 4.75. The highest BCUT2D eigenvalue weighted by Gasteiger charge is 2.21. The maximum atomic E-state index is 11.4. The number of sulfonamides is 1. The Balaban J connectivity index is 3.35. The van der Waals surface area contributed by atoms with Gasteiger partial charge in [-0.3, -0.25) is 0 Å². The van der Waals surface area contributed by atoms with Crippen LogP contribution in [0, 0.1) is 0 Å². The monoisotopic (exact) mass is 245 g/mol. The van der Waals surface area contributed by atoms with Gasteiger partial charge in [0, 0.05) is 0 Å². The van der Waals surface area contributed by atoms with Crippen molar-refractivity contribution in [1.29, 1.82) is 0 Å². The van der Waals surface area contributed by atoms with Crippen LogP contribution in [0.2, 0.25) is 0 Å². The van der Waals surface area contributed by atoms with E-state index >= 15 is 0 Å². The van der Waals surface area contributed by atoms with Gasteiger partial charge in [0.15, 0.2) is 4.90 Å². The van der Waals surface area contributed by atoms with Gasteiger partial charge in [-0.2, -0.15) is 0 Å². The quantitative estimate of drug-likeness (QED) is 0.843. The molecule has 0 spiro atoms. The number of hydrogen-bond donors (Lipinski definition) is 1. The molecule has 90 valence electrons. The SMILES string of the molecule is CCOc1cccc(OCC)c1S(N)(=O)=O. The third kappa shape index (κ3) is 2.86. The number of ether oxygens (including phenoxy) is 2. The first-order valence-electron chi connectivity index (χ1n) is 4.92. The minimum absolute atomic E-state index is 0.0984. The fourth-order valence-corrected chi connectivity index (χ4v) is 2.13. The maximum Gasteiger partial charge on any atom is 0.245 e. The molecule has 0 unspecified atom stereocenters. The molecule has 0 saturated heterocycles. The molecule has 0 aliphatic carbocycles. The van der Waals surface area contributed by atoms with Crippen LogP contribution in [0.15, 0.2) is 23.1 Å². The zero-order valence-corrected chi connectivity index (χ0v) is 10.1. The molecule has 0 fully saturated rings. The van der Waals surface area contributed by atoms with Crippen molar-refractivity contribution < 1.29 is 17.9 Å². The van der Waals surface area contributed by atoms with Gasteiger partial charge >= 0.3 is 0 Å². The summed E-state index contributed by atoms with van der Waals surface area (Å²) in [5.74, 6) is 0.437. The molecule has 5 nitrogen and oxygen atoms in total. The van der Waals surface area contributed by atoms with E-state index in [0.717, 1.165) is 0 Å². The summed E-state index contributed by atoms with van der Waals surface area (Å²) in [6.45, 7) is 4.25. The molecule has 0 radical (unpaired) electrons. The number of rotatable bonds is 5. The van der Waals surface area contributed by atoms with Gasteiger partial charge in [-0.1, -0.05) is 6.07 Å². The lowest BCUT2D eigenvalue weighted by atomic mass is 10.3. The van der Waals surface area contributed by atoms with Crippen LogP contribution in [0.4, 0.5) is 0 Å². The van der Waals surface area contributed by atoms with E-state index in [1.165, 1.54) is 0 Å². The molecule has 2 N–H and O–H groups in total. The Morgan fingerprint density at radius 2 is 1.56 bits per heavy atom. The lowest BCUT2D eigenvalue weighted by Crippen LogP contribution is -2.15. The molecule has 0 aromatic heterocycles. The van der Waals surface area contributed by atoms with E-state index in [1.807, 2.05) is 0 Å². The maximum absolute atomic E-state index is 11.4. The molecular formula is C10H15NO4S. The molecule has 0 bridgehead atoms. The van der Waals surface area contributed by atoms with Crippen molar-refractivity contribution in [1.82, 2.24) is 0 Å². The average Bonchev–Trinajstić information content (AvgIpc) is 2.17. The van der Waals surface area contributed by atoms with E-state index in [9.17, 15) is 8.42 Å². The molecule has 0 aliphatic rings. The van der Waals surface area contributed by atoms with Gasteiger partial charge in [0.2, 0.25) is 10.0 Å². The zero-order chi connectivity index (χ0) is 12.2. The summed E-state index contributed by atoms with van der Waals surface area (Å²) in [5.41, 5.74) is 0. The van der Waals surface area contributed by atoms with Crippen LogP contribution < -0.4 is 14.6 Å². The predicted octanol–water partition coefficient (Wildman–Crippen LogP) is 1.13. The van der Waals surface area contributed by atoms with Crippen LogP contribution in [0.5, 0.6) is 11.5 Å². The van der Waals surface area contributed by atoms with Gasteiger partial charge in [0.25, 0.3) is 0 Å².